The highest BCUT2D eigenvalue weighted by atomic mass is 79.9. The number of alkyl halides is 4. The Kier molecular flexibility index (Phi) is 4.09. The molecule has 1 fully saturated rings. The SMILES string of the molecule is FC(F)(F)c1ccc(N2CCC(CBr)CC2)nn1. The Labute approximate surface area is 112 Å². The minimum Gasteiger partial charge on any atom is -0.355 e. The fraction of sp³-hybridized carbons (Fsp3) is 0.636. The molecule has 0 amide bonds. The van der Waals surface area contributed by atoms with Gasteiger partial charge in [-0.1, -0.05) is 15.9 Å². The van der Waals surface area contributed by atoms with Crippen LogP contribution in [-0.4, -0.2) is 28.6 Å². The summed E-state index contributed by atoms with van der Waals surface area (Å²) >= 11 is 3.45. The van der Waals surface area contributed by atoms with E-state index in [1.165, 1.54) is 6.07 Å². The lowest BCUT2D eigenvalue weighted by Gasteiger charge is -2.31. The lowest BCUT2D eigenvalue weighted by Crippen LogP contribution is -2.34. The molecular formula is C11H13BrF3N3. The van der Waals surface area contributed by atoms with Crippen LogP contribution >= 0.6 is 15.9 Å². The fourth-order valence-corrected chi connectivity index (χ4v) is 2.61. The second-order valence-electron chi connectivity index (χ2n) is 4.36. The first kappa shape index (κ1) is 13.6. The van der Waals surface area contributed by atoms with E-state index in [9.17, 15) is 13.2 Å². The number of aromatic nitrogens is 2. The van der Waals surface area contributed by atoms with E-state index in [0.29, 0.717) is 11.7 Å². The summed E-state index contributed by atoms with van der Waals surface area (Å²) in [6.45, 7) is 1.63. The van der Waals surface area contributed by atoms with Crippen molar-refractivity contribution in [3.8, 4) is 0 Å². The highest BCUT2D eigenvalue weighted by Gasteiger charge is 2.33. The average Bonchev–Trinajstić information content (AvgIpc) is 2.38. The van der Waals surface area contributed by atoms with Crippen LogP contribution < -0.4 is 4.90 Å². The molecule has 0 N–H and O–H groups in total. The van der Waals surface area contributed by atoms with Crippen LogP contribution in [0.5, 0.6) is 0 Å². The first-order valence-corrected chi connectivity index (χ1v) is 6.84. The van der Waals surface area contributed by atoms with Crippen LogP contribution in [0.1, 0.15) is 18.5 Å². The van der Waals surface area contributed by atoms with Gasteiger partial charge in [-0.15, -0.1) is 10.2 Å². The van der Waals surface area contributed by atoms with Crippen molar-refractivity contribution in [3.05, 3.63) is 17.8 Å². The number of hydrogen-bond donors (Lipinski definition) is 0. The van der Waals surface area contributed by atoms with E-state index in [4.69, 9.17) is 0 Å². The normalized spacial score (nSPS) is 18.1. The van der Waals surface area contributed by atoms with Gasteiger partial charge in [0.25, 0.3) is 0 Å². The van der Waals surface area contributed by atoms with Gasteiger partial charge in [0, 0.05) is 18.4 Å². The molecule has 18 heavy (non-hydrogen) atoms. The van der Waals surface area contributed by atoms with Crippen molar-refractivity contribution in [1.29, 1.82) is 0 Å². The molecule has 0 atom stereocenters. The standard InChI is InChI=1S/C11H13BrF3N3/c12-7-8-3-5-18(6-4-8)10-2-1-9(16-17-10)11(13,14)15/h1-2,8H,3-7H2. The lowest BCUT2D eigenvalue weighted by atomic mass is 9.99. The molecule has 7 heteroatoms. The van der Waals surface area contributed by atoms with Crippen LogP contribution in [0, 0.1) is 5.92 Å². The molecule has 0 saturated carbocycles. The van der Waals surface area contributed by atoms with Gasteiger partial charge in [-0.05, 0) is 30.9 Å². The molecule has 1 aliphatic rings. The lowest BCUT2D eigenvalue weighted by molar-refractivity contribution is -0.141. The summed E-state index contributed by atoms with van der Waals surface area (Å²) < 4.78 is 37.0. The third-order valence-electron chi connectivity index (χ3n) is 3.10. The monoisotopic (exact) mass is 323 g/mol. The molecule has 0 bridgehead atoms. The topological polar surface area (TPSA) is 29.0 Å². The Bertz CT molecular complexity index is 386. The maximum Gasteiger partial charge on any atom is 0.435 e. The molecule has 1 aromatic rings. The summed E-state index contributed by atoms with van der Waals surface area (Å²) in [5.41, 5.74) is -0.943. The highest BCUT2D eigenvalue weighted by Crippen LogP contribution is 2.28. The Morgan fingerprint density at radius 2 is 1.89 bits per heavy atom. The summed E-state index contributed by atoms with van der Waals surface area (Å²) in [6.07, 6.45) is -2.38. The van der Waals surface area contributed by atoms with E-state index in [0.717, 1.165) is 37.3 Å². The van der Waals surface area contributed by atoms with Gasteiger partial charge in [-0.3, -0.25) is 0 Å². The van der Waals surface area contributed by atoms with Crippen LogP contribution in [0.3, 0.4) is 0 Å². The quantitative estimate of drug-likeness (QED) is 0.783. The molecule has 0 aromatic carbocycles. The summed E-state index contributed by atoms with van der Waals surface area (Å²) in [7, 11) is 0. The molecule has 100 valence electrons. The largest absolute Gasteiger partial charge is 0.435 e. The van der Waals surface area contributed by atoms with E-state index in [1.54, 1.807) is 0 Å². The zero-order valence-electron chi connectivity index (χ0n) is 9.62. The first-order chi connectivity index (χ1) is 8.50. The Balaban J connectivity index is 2.02. The highest BCUT2D eigenvalue weighted by molar-refractivity contribution is 9.09. The van der Waals surface area contributed by atoms with Crippen LogP contribution in [0.2, 0.25) is 0 Å². The van der Waals surface area contributed by atoms with Crippen molar-refractivity contribution in [1.82, 2.24) is 10.2 Å². The van der Waals surface area contributed by atoms with Gasteiger partial charge >= 0.3 is 6.18 Å². The van der Waals surface area contributed by atoms with E-state index in [-0.39, 0.29) is 0 Å². The molecule has 1 aliphatic heterocycles. The predicted octanol–water partition coefficient (Wildman–Crippen LogP) is 3.11. The number of nitrogens with zero attached hydrogens (tertiary/aromatic N) is 3. The number of anilines is 1. The van der Waals surface area contributed by atoms with Gasteiger partial charge in [0.05, 0.1) is 0 Å². The van der Waals surface area contributed by atoms with E-state index >= 15 is 0 Å². The molecule has 2 rings (SSSR count). The summed E-state index contributed by atoms with van der Waals surface area (Å²) in [5.74, 6) is 1.17. The second kappa shape index (κ2) is 5.42. The molecular weight excluding hydrogens is 311 g/mol. The smallest absolute Gasteiger partial charge is 0.355 e. The minimum absolute atomic E-state index is 0.524. The van der Waals surface area contributed by atoms with Gasteiger partial charge in [-0.25, -0.2) is 0 Å². The number of hydrogen-bond acceptors (Lipinski definition) is 3. The van der Waals surface area contributed by atoms with Crippen molar-refractivity contribution in [2.24, 2.45) is 5.92 Å². The van der Waals surface area contributed by atoms with E-state index in [1.807, 2.05) is 4.90 Å². The van der Waals surface area contributed by atoms with Crippen LogP contribution in [-0.2, 0) is 6.18 Å². The van der Waals surface area contributed by atoms with Crippen molar-refractivity contribution in [2.75, 3.05) is 23.3 Å². The number of halogens is 4. The van der Waals surface area contributed by atoms with Crippen molar-refractivity contribution in [2.45, 2.75) is 19.0 Å². The number of piperidine rings is 1. The Hall–Kier alpha value is -0.850. The van der Waals surface area contributed by atoms with Gasteiger partial charge in [0.15, 0.2) is 11.5 Å². The van der Waals surface area contributed by atoms with Gasteiger partial charge in [0.1, 0.15) is 0 Å². The van der Waals surface area contributed by atoms with Crippen LogP contribution in [0.25, 0.3) is 0 Å². The minimum atomic E-state index is -4.42. The van der Waals surface area contributed by atoms with Crippen molar-refractivity contribution >= 4 is 21.7 Å². The molecule has 3 nitrogen and oxygen atoms in total. The summed E-state index contributed by atoms with van der Waals surface area (Å²) in [4.78, 5) is 1.98. The van der Waals surface area contributed by atoms with E-state index in [2.05, 4.69) is 26.1 Å². The number of rotatable bonds is 2. The molecule has 0 spiro atoms. The van der Waals surface area contributed by atoms with Crippen LogP contribution in [0.4, 0.5) is 19.0 Å². The second-order valence-corrected chi connectivity index (χ2v) is 5.01. The van der Waals surface area contributed by atoms with Crippen molar-refractivity contribution in [3.63, 3.8) is 0 Å². The first-order valence-electron chi connectivity index (χ1n) is 5.72. The summed E-state index contributed by atoms with van der Waals surface area (Å²) in [5, 5.41) is 7.87. The third-order valence-corrected chi connectivity index (χ3v) is 4.01. The maximum atomic E-state index is 12.3. The van der Waals surface area contributed by atoms with Crippen molar-refractivity contribution < 1.29 is 13.2 Å². The Morgan fingerprint density at radius 3 is 2.33 bits per heavy atom. The molecule has 0 unspecified atom stereocenters. The van der Waals surface area contributed by atoms with Gasteiger partial charge in [-0.2, -0.15) is 13.2 Å². The third kappa shape index (κ3) is 3.13. The van der Waals surface area contributed by atoms with Gasteiger partial charge < -0.3 is 4.90 Å². The maximum absolute atomic E-state index is 12.3. The van der Waals surface area contributed by atoms with E-state index < -0.39 is 11.9 Å². The van der Waals surface area contributed by atoms with Crippen LogP contribution in [0.15, 0.2) is 12.1 Å². The zero-order valence-corrected chi connectivity index (χ0v) is 11.2. The molecule has 1 aromatic heterocycles. The average molecular weight is 324 g/mol. The fourth-order valence-electron chi connectivity index (χ4n) is 1.96. The molecule has 1 saturated heterocycles. The van der Waals surface area contributed by atoms with Gasteiger partial charge in [0.2, 0.25) is 0 Å². The summed E-state index contributed by atoms with van der Waals surface area (Å²) in [6, 6.07) is 2.38. The molecule has 2 heterocycles. The zero-order chi connectivity index (χ0) is 13.2. The Morgan fingerprint density at radius 1 is 1.22 bits per heavy atom. The predicted molar refractivity (Wildman–Crippen MR) is 65.8 cm³/mol. The molecule has 0 aliphatic carbocycles. The molecule has 0 radical (unpaired) electrons.